The lowest BCUT2D eigenvalue weighted by molar-refractivity contribution is -0.122. The smallest absolute Gasteiger partial charge is 0.251 e. The lowest BCUT2D eigenvalue weighted by Gasteiger charge is -2.18. The van der Waals surface area contributed by atoms with Crippen LogP contribution in [0.15, 0.2) is 28.0 Å². The molecule has 26 heavy (non-hydrogen) atoms. The second-order valence-corrected chi connectivity index (χ2v) is 9.14. The van der Waals surface area contributed by atoms with Gasteiger partial charge in [0.25, 0.3) is 5.56 Å². The molecule has 0 atom stereocenters. The van der Waals surface area contributed by atoms with Gasteiger partial charge in [-0.2, -0.15) is 4.31 Å². The normalized spacial score (nSPS) is 20.0. The Labute approximate surface area is 154 Å². The lowest BCUT2D eigenvalue weighted by Crippen LogP contribution is -2.38. The van der Waals surface area contributed by atoms with E-state index in [1.807, 2.05) is 0 Å². The third kappa shape index (κ3) is 4.54. The molecule has 3 rings (SSSR count). The number of hydrogen-bond acceptors (Lipinski definition) is 4. The van der Waals surface area contributed by atoms with Crippen molar-refractivity contribution in [2.75, 3.05) is 13.1 Å². The van der Waals surface area contributed by atoms with Gasteiger partial charge >= 0.3 is 0 Å². The number of aromatic nitrogens is 1. The minimum Gasteiger partial charge on any atom is -0.352 e. The number of sulfonamides is 1. The van der Waals surface area contributed by atoms with Gasteiger partial charge in [0.2, 0.25) is 15.9 Å². The fraction of sp³-hybridized carbons (Fsp3) is 0.667. The van der Waals surface area contributed by atoms with Gasteiger partial charge < -0.3 is 9.88 Å². The van der Waals surface area contributed by atoms with E-state index in [4.69, 9.17) is 0 Å². The van der Waals surface area contributed by atoms with Crippen molar-refractivity contribution >= 4 is 15.9 Å². The molecule has 0 spiro atoms. The molecule has 1 aliphatic heterocycles. The van der Waals surface area contributed by atoms with Crippen molar-refractivity contribution < 1.29 is 13.2 Å². The van der Waals surface area contributed by atoms with Crippen molar-refractivity contribution in [2.24, 2.45) is 0 Å². The molecule has 1 aliphatic carbocycles. The maximum absolute atomic E-state index is 12.6. The molecule has 1 saturated heterocycles. The maximum atomic E-state index is 12.6. The second-order valence-electron chi connectivity index (χ2n) is 7.20. The molecule has 144 valence electrons. The summed E-state index contributed by atoms with van der Waals surface area (Å²) >= 11 is 0. The van der Waals surface area contributed by atoms with Gasteiger partial charge in [0.15, 0.2) is 0 Å². The van der Waals surface area contributed by atoms with Gasteiger partial charge in [-0.1, -0.05) is 25.7 Å². The molecule has 2 heterocycles. The summed E-state index contributed by atoms with van der Waals surface area (Å²) < 4.78 is 27.9. The predicted octanol–water partition coefficient (Wildman–Crippen LogP) is 1.47. The van der Waals surface area contributed by atoms with Crippen LogP contribution in [0, 0.1) is 0 Å². The van der Waals surface area contributed by atoms with E-state index in [-0.39, 0.29) is 28.9 Å². The first-order valence-electron chi connectivity index (χ1n) is 9.47. The van der Waals surface area contributed by atoms with Crippen LogP contribution in [0.5, 0.6) is 0 Å². The van der Waals surface area contributed by atoms with Gasteiger partial charge in [-0.05, 0) is 31.7 Å². The van der Waals surface area contributed by atoms with Crippen molar-refractivity contribution in [3.05, 3.63) is 28.7 Å². The quantitative estimate of drug-likeness (QED) is 0.783. The predicted molar refractivity (Wildman–Crippen MR) is 98.3 cm³/mol. The number of hydrogen-bond donors (Lipinski definition) is 1. The van der Waals surface area contributed by atoms with Crippen molar-refractivity contribution in [2.45, 2.75) is 68.8 Å². The summed E-state index contributed by atoms with van der Waals surface area (Å²) in [6, 6.07) is 2.70. The van der Waals surface area contributed by atoms with Gasteiger partial charge in [0.1, 0.15) is 6.54 Å². The molecule has 1 saturated carbocycles. The summed E-state index contributed by atoms with van der Waals surface area (Å²) in [5.74, 6) is -0.241. The Morgan fingerprint density at radius 1 is 1.04 bits per heavy atom. The highest BCUT2D eigenvalue weighted by Gasteiger charge is 2.27. The molecule has 2 fully saturated rings. The number of nitrogens with one attached hydrogen (secondary N) is 1. The highest BCUT2D eigenvalue weighted by molar-refractivity contribution is 7.89. The van der Waals surface area contributed by atoms with E-state index in [0.717, 1.165) is 38.5 Å². The highest BCUT2D eigenvalue weighted by atomic mass is 32.2. The third-order valence-corrected chi connectivity index (χ3v) is 7.08. The highest BCUT2D eigenvalue weighted by Crippen LogP contribution is 2.20. The van der Waals surface area contributed by atoms with Crippen LogP contribution in [-0.4, -0.2) is 42.3 Å². The van der Waals surface area contributed by atoms with Crippen molar-refractivity contribution in [1.82, 2.24) is 14.2 Å². The molecule has 1 amide bonds. The zero-order valence-electron chi connectivity index (χ0n) is 15.0. The van der Waals surface area contributed by atoms with E-state index in [1.165, 1.54) is 40.0 Å². The summed E-state index contributed by atoms with van der Waals surface area (Å²) in [5, 5.41) is 2.99. The monoisotopic (exact) mass is 381 g/mol. The lowest BCUT2D eigenvalue weighted by atomic mass is 10.1. The number of pyridine rings is 1. The minimum absolute atomic E-state index is 0.0706. The van der Waals surface area contributed by atoms with Crippen LogP contribution in [-0.2, 0) is 21.4 Å². The van der Waals surface area contributed by atoms with Gasteiger partial charge in [0.05, 0.1) is 4.90 Å². The van der Waals surface area contributed by atoms with Crippen LogP contribution in [0.3, 0.4) is 0 Å². The van der Waals surface area contributed by atoms with Crippen molar-refractivity contribution in [3.63, 3.8) is 0 Å². The van der Waals surface area contributed by atoms with Crippen LogP contribution in [0.1, 0.15) is 51.4 Å². The molecule has 1 aromatic rings. The number of nitrogens with zero attached hydrogens (tertiary/aromatic N) is 2. The molecular weight excluding hydrogens is 354 g/mol. The van der Waals surface area contributed by atoms with E-state index < -0.39 is 10.0 Å². The molecule has 0 unspecified atom stereocenters. The number of amides is 1. The van der Waals surface area contributed by atoms with Crippen LogP contribution in [0.25, 0.3) is 0 Å². The van der Waals surface area contributed by atoms with E-state index in [1.54, 1.807) is 0 Å². The maximum Gasteiger partial charge on any atom is 0.251 e. The Morgan fingerprint density at radius 3 is 2.35 bits per heavy atom. The molecule has 1 N–H and O–H groups in total. The minimum atomic E-state index is -3.60. The number of rotatable bonds is 5. The molecule has 8 heteroatoms. The number of carbonyl (C=O) groups is 1. The van der Waals surface area contributed by atoms with Crippen LogP contribution in [0.4, 0.5) is 0 Å². The Balaban J connectivity index is 1.71. The average molecular weight is 381 g/mol. The summed E-state index contributed by atoms with van der Waals surface area (Å²) in [4.78, 5) is 24.5. The summed E-state index contributed by atoms with van der Waals surface area (Å²) in [7, 11) is -3.60. The third-order valence-electron chi connectivity index (χ3n) is 5.19. The van der Waals surface area contributed by atoms with Gasteiger partial charge in [-0.25, -0.2) is 8.42 Å². The largest absolute Gasteiger partial charge is 0.352 e. The summed E-state index contributed by atoms with van der Waals surface area (Å²) in [6.45, 7) is 0.853. The van der Waals surface area contributed by atoms with E-state index in [9.17, 15) is 18.0 Å². The van der Waals surface area contributed by atoms with E-state index >= 15 is 0 Å². The van der Waals surface area contributed by atoms with Crippen LogP contribution >= 0.6 is 0 Å². The second kappa shape index (κ2) is 8.35. The fourth-order valence-electron chi connectivity index (χ4n) is 3.71. The zero-order chi connectivity index (χ0) is 18.6. The molecular formula is C18H27N3O4S. The first-order valence-corrected chi connectivity index (χ1v) is 10.9. The number of carbonyl (C=O) groups excluding carboxylic acids is 1. The van der Waals surface area contributed by atoms with Crippen molar-refractivity contribution in [3.8, 4) is 0 Å². The topological polar surface area (TPSA) is 88.5 Å². The molecule has 0 radical (unpaired) electrons. The Kier molecular flexibility index (Phi) is 6.13. The molecule has 2 aliphatic rings. The average Bonchev–Trinajstić information content (AvgIpc) is 3.04. The zero-order valence-corrected chi connectivity index (χ0v) is 15.8. The van der Waals surface area contributed by atoms with Crippen molar-refractivity contribution in [1.29, 1.82) is 0 Å². The molecule has 0 bridgehead atoms. The Morgan fingerprint density at radius 2 is 1.69 bits per heavy atom. The van der Waals surface area contributed by atoms with Crippen LogP contribution < -0.4 is 10.9 Å². The van der Waals surface area contributed by atoms with Gasteiger partial charge in [-0.3, -0.25) is 9.59 Å². The van der Waals surface area contributed by atoms with Gasteiger partial charge in [0, 0.05) is 31.4 Å². The van der Waals surface area contributed by atoms with Gasteiger partial charge in [-0.15, -0.1) is 0 Å². The van der Waals surface area contributed by atoms with E-state index in [0.29, 0.717) is 13.1 Å². The Hall–Kier alpha value is -1.67. The molecule has 7 nitrogen and oxygen atoms in total. The molecule has 1 aromatic heterocycles. The summed E-state index contributed by atoms with van der Waals surface area (Å²) in [6.07, 6.45) is 9.52. The fourth-order valence-corrected chi connectivity index (χ4v) is 5.25. The Bertz CT molecular complexity index is 789. The molecule has 0 aromatic carbocycles. The first-order chi connectivity index (χ1) is 12.5. The SMILES string of the molecule is O=C(Cn1cc(S(=O)(=O)N2CCCC2)ccc1=O)NC1CCCCCC1. The van der Waals surface area contributed by atoms with E-state index in [2.05, 4.69) is 5.32 Å². The standard InChI is InChI=1S/C18H27N3O4S/c22-17(19-15-7-3-1-2-4-8-15)14-20-13-16(9-10-18(20)23)26(24,25)21-11-5-6-12-21/h9-10,13,15H,1-8,11-12,14H2,(H,19,22). The van der Waals surface area contributed by atoms with Crippen LogP contribution in [0.2, 0.25) is 0 Å². The summed E-state index contributed by atoms with van der Waals surface area (Å²) in [5.41, 5.74) is -0.374. The first kappa shape index (κ1) is 19.1.